The van der Waals surface area contributed by atoms with Crippen LogP contribution in [0.15, 0.2) is 6.07 Å². The van der Waals surface area contributed by atoms with Gasteiger partial charge in [0, 0.05) is 0 Å². The minimum absolute atomic E-state index is 0.328. The minimum atomic E-state index is -4.91. The molecule has 8 heteroatoms. The fraction of sp³-hybridized carbons (Fsp3) is 0.250. The summed E-state index contributed by atoms with van der Waals surface area (Å²) in [5.41, 5.74) is -3.49. The first-order chi connectivity index (χ1) is 7.27. The molecule has 16 heavy (non-hydrogen) atoms. The lowest BCUT2D eigenvalue weighted by Gasteiger charge is -2.11. The number of nitriles is 1. The predicted octanol–water partition coefficient (Wildman–Crippen LogP) is 3.56. The van der Waals surface area contributed by atoms with Crippen molar-refractivity contribution in [1.29, 1.82) is 5.26 Å². The number of hydrogen-bond donors (Lipinski definition) is 0. The molecule has 0 saturated carbocycles. The van der Waals surface area contributed by atoms with E-state index < -0.39 is 34.6 Å². The maximum absolute atomic E-state index is 12.3. The molecule has 0 aliphatic rings. The molecule has 86 valence electrons. The molecule has 0 aliphatic heterocycles. The third-order valence-electron chi connectivity index (χ3n) is 1.61. The molecule has 0 atom stereocenters. The second-order valence-electron chi connectivity index (χ2n) is 2.66. The van der Waals surface area contributed by atoms with Crippen LogP contribution in [0.4, 0.5) is 22.0 Å². The molecule has 0 spiro atoms. The smallest absolute Gasteiger partial charge is 0.235 e. The summed E-state index contributed by atoms with van der Waals surface area (Å²) in [7, 11) is 0. The summed E-state index contributed by atoms with van der Waals surface area (Å²) in [4.78, 5) is 3.02. The SMILES string of the molecule is N#Cc1cc(C(F)(F)F)c(Cl)c(C(F)F)n1. The van der Waals surface area contributed by atoms with Crippen LogP contribution in [0, 0.1) is 11.3 Å². The first kappa shape index (κ1) is 12.6. The Morgan fingerprint density at radius 1 is 1.38 bits per heavy atom. The minimum Gasteiger partial charge on any atom is -0.235 e. The van der Waals surface area contributed by atoms with Crippen molar-refractivity contribution in [2.45, 2.75) is 12.6 Å². The van der Waals surface area contributed by atoms with Crippen LogP contribution in [-0.4, -0.2) is 4.98 Å². The average molecular weight is 257 g/mol. The highest BCUT2D eigenvalue weighted by Crippen LogP contribution is 2.38. The van der Waals surface area contributed by atoms with Gasteiger partial charge < -0.3 is 0 Å². The predicted molar refractivity (Wildman–Crippen MR) is 43.9 cm³/mol. The van der Waals surface area contributed by atoms with Crippen molar-refractivity contribution in [2.24, 2.45) is 0 Å². The lowest BCUT2D eigenvalue weighted by atomic mass is 10.2. The van der Waals surface area contributed by atoms with Crippen LogP contribution >= 0.6 is 11.6 Å². The van der Waals surface area contributed by atoms with Crippen LogP contribution in [0.1, 0.15) is 23.4 Å². The Morgan fingerprint density at radius 3 is 2.31 bits per heavy atom. The summed E-state index contributed by atoms with van der Waals surface area (Å²) in [6.45, 7) is 0. The second-order valence-corrected chi connectivity index (χ2v) is 3.04. The van der Waals surface area contributed by atoms with Gasteiger partial charge in [0.25, 0.3) is 6.43 Å². The average Bonchev–Trinajstić information content (AvgIpc) is 2.15. The van der Waals surface area contributed by atoms with Crippen molar-refractivity contribution in [3.05, 3.63) is 28.0 Å². The molecule has 0 bridgehead atoms. The Labute approximate surface area is 91.3 Å². The molecule has 0 radical (unpaired) electrons. The van der Waals surface area contributed by atoms with Gasteiger partial charge in [-0.3, -0.25) is 0 Å². The monoisotopic (exact) mass is 256 g/mol. The standard InChI is InChI=1S/C8H2ClF5N2/c9-5-4(8(12,13)14)1-3(2-15)16-6(5)7(10)11/h1,7H. The van der Waals surface area contributed by atoms with Gasteiger partial charge in [0.1, 0.15) is 17.5 Å². The van der Waals surface area contributed by atoms with Crippen molar-refractivity contribution >= 4 is 11.6 Å². The molecule has 0 amide bonds. The highest BCUT2D eigenvalue weighted by atomic mass is 35.5. The number of rotatable bonds is 1. The molecule has 1 aromatic rings. The molecule has 0 aromatic carbocycles. The molecule has 1 rings (SSSR count). The van der Waals surface area contributed by atoms with Gasteiger partial charge in [0.2, 0.25) is 0 Å². The summed E-state index contributed by atoms with van der Waals surface area (Å²) in [5, 5.41) is 7.18. The van der Waals surface area contributed by atoms with Crippen LogP contribution in [-0.2, 0) is 6.18 Å². The van der Waals surface area contributed by atoms with Crippen LogP contribution in [0.25, 0.3) is 0 Å². The molecule has 0 aliphatic carbocycles. The maximum atomic E-state index is 12.3. The summed E-state index contributed by atoms with van der Waals surface area (Å²) < 4.78 is 61.6. The molecule has 1 aromatic heterocycles. The Hall–Kier alpha value is -1.42. The quantitative estimate of drug-likeness (QED) is 0.720. The zero-order valence-electron chi connectivity index (χ0n) is 7.32. The van der Waals surface area contributed by atoms with Crippen LogP contribution < -0.4 is 0 Å². The number of alkyl halides is 5. The van der Waals surface area contributed by atoms with E-state index in [4.69, 9.17) is 16.9 Å². The number of halogens is 6. The zero-order chi connectivity index (χ0) is 12.5. The number of nitrogens with zero attached hydrogens (tertiary/aromatic N) is 2. The molecule has 2 nitrogen and oxygen atoms in total. The highest BCUT2D eigenvalue weighted by molar-refractivity contribution is 6.32. The van der Waals surface area contributed by atoms with Gasteiger partial charge in [-0.1, -0.05) is 11.6 Å². The maximum Gasteiger partial charge on any atom is 0.418 e. The van der Waals surface area contributed by atoms with Crippen molar-refractivity contribution in [3.8, 4) is 6.07 Å². The third-order valence-corrected chi connectivity index (χ3v) is 2.01. The van der Waals surface area contributed by atoms with Gasteiger partial charge in [0.05, 0.1) is 10.6 Å². The van der Waals surface area contributed by atoms with Gasteiger partial charge in [0.15, 0.2) is 0 Å². The van der Waals surface area contributed by atoms with Gasteiger partial charge in [-0.25, -0.2) is 13.8 Å². The number of aromatic nitrogens is 1. The number of pyridine rings is 1. The second kappa shape index (κ2) is 4.22. The highest BCUT2D eigenvalue weighted by Gasteiger charge is 2.36. The summed E-state index contributed by atoms with van der Waals surface area (Å²) >= 11 is 5.15. The Morgan fingerprint density at radius 2 is 1.94 bits per heavy atom. The van der Waals surface area contributed by atoms with Gasteiger partial charge in [-0.2, -0.15) is 18.4 Å². The van der Waals surface area contributed by atoms with Crippen molar-refractivity contribution in [3.63, 3.8) is 0 Å². The van der Waals surface area contributed by atoms with E-state index in [2.05, 4.69) is 4.98 Å². The lowest BCUT2D eigenvalue weighted by molar-refractivity contribution is -0.137. The van der Waals surface area contributed by atoms with E-state index in [9.17, 15) is 22.0 Å². The number of hydrogen-bond acceptors (Lipinski definition) is 2. The topological polar surface area (TPSA) is 36.7 Å². The van der Waals surface area contributed by atoms with Crippen LogP contribution in [0.2, 0.25) is 5.02 Å². The van der Waals surface area contributed by atoms with Gasteiger partial charge in [-0.05, 0) is 6.07 Å². The van der Waals surface area contributed by atoms with Crippen molar-refractivity contribution < 1.29 is 22.0 Å². The van der Waals surface area contributed by atoms with E-state index in [1.54, 1.807) is 0 Å². The van der Waals surface area contributed by atoms with E-state index in [0.717, 1.165) is 0 Å². The van der Waals surface area contributed by atoms with E-state index in [0.29, 0.717) is 6.07 Å². The largest absolute Gasteiger partial charge is 0.418 e. The third kappa shape index (κ3) is 2.39. The van der Waals surface area contributed by atoms with E-state index in [-0.39, 0.29) is 0 Å². The fourth-order valence-corrected chi connectivity index (χ4v) is 1.24. The zero-order valence-corrected chi connectivity index (χ0v) is 8.07. The summed E-state index contributed by atoms with van der Waals surface area (Å²) in [5.74, 6) is 0. The molecule has 0 saturated heterocycles. The van der Waals surface area contributed by atoms with Gasteiger partial charge >= 0.3 is 6.18 Å². The molecular formula is C8H2ClF5N2. The molecule has 0 N–H and O–H groups in total. The Bertz CT molecular complexity index is 449. The molecule has 0 unspecified atom stereocenters. The van der Waals surface area contributed by atoms with E-state index >= 15 is 0 Å². The van der Waals surface area contributed by atoms with Crippen molar-refractivity contribution in [2.75, 3.05) is 0 Å². The van der Waals surface area contributed by atoms with Crippen LogP contribution in [0.5, 0.6) is 0 Å². The van der Waals surface area contributed by atoms with Gasteiger partial charge in [-0.15, -0.1) is 0 Å². The van der Waals surface area contributed by atoms with E-state index in [1.807, 2.05) is 0 Å². The first-order valence-electron chi connectivity index (χ1n) is 3.73. The van der Waals surface area contributed by atoms with Crippen LogP contribution in [0.3, 0.4) is 0 Å². The summed E-state index contributed by atoms with van der Waals surface area (Å²) in [6, 6.07) is 1.59. The molecular weight excluding hydrogens is 255 g/mol. The first-order valence-corrected chi connectivity index (χ1v) is 4.11. The van der Waals surface area contributed by atoms with Crippen molar-refractivity contribution in [1.82, 2.24) is 4.98 Å². The Kier molecular flexibility index (Phi) is 3.33. The summed E-state index contributed by atoms with van der Waals surface area (Å²) in [6.07, 6.45) is -8.18. The lowest BCUT2D eigenvalue weighted by Crippen LogP contribution is -2.10. The van der Waals surface area contributed by atoms with E-state index in [1.165, 1.54) is 6.07 Å². The molecule has 0 fully saturated rings. The fourth-order valence-electron chi connectivity index (χ4n) is 0.957. The Balaban J connectivity index is 3.52. The molecule has 1 heterocycles. The normalized spacial score (nSPS) is 11.6.